The molecule has 0 aromatic rings. The van der Waals surface area contributed by atoms with E-state index < -0.39 is 553 Å². The molecule has 0 spiro atoms. The van der Waals surface area contributed by atoms with Gasteiger partial charge in [-0.1, -0.05) is 0 Å². The first kappa shape index (κ1) is 247. The molecule has 0 radical (unpaired) electrons. The summed E-state index contributed by atoms with van der Waals surface area (Å²) in [7, 11) is -45.0. The molecule has 0 aromatic heterocycles. The SMILES string of the molecule is I[I-]I(I)I(I)I(I)I(I)I(I)I(I)I(I)I(I)I(I)I(I)I(I)I(I)I(I)I(I)I(I)I(I)I(I)I(I)I(I)I(I)I(I)I(I)I(I)I(I)I(I)I(I)I(I)I(I)I(I)I(I)I(I)I(I)I(I)I(I)I(I)I(I)I(I)I(I)I(I)I(I)I(I)I(I)I(I)I(I)I(I)I(I)I(I)I(I)I(I)I(I)I(I)I(I)I(I)I(I)I(I)I(I)I(I)I(I)I(I)I(I)I(I)I(I)I(I)I(I)I(I)I(I)I(I)I(I)I(I)I(I)I. The molecule has 0 aliphatic heterocycles. The van der Waals surface area contributed by atoms with Gasteiger partial charge in [0.05, 0.1) is 0 Å². The summed E-state index contributed by atoms with van der Waals surface area (Å²) in [5.74, 6) is 0. The summed E-state index contributed by atoms with van der Waals surface area (Å²) in [4.78, 5) is 0. The Labute approximate surface area is 1790 Å². The molecule has 143 heteroatoms. The maximum absolute atomic E-state index is 3.51. The van der Waals surface area contributed by atoms with E-state index in [9.17, 15) is 0 Å². The van der Waals surface area contributed by atoms with Gasteiger partial charge >= 0.3 is 1910 Å². The molecule has 0 aromatic carbocycles. The molecule has 0 aliphatic carbocycles. The zero-order chi connectivity index (χ0) is 113. The van der Waals surface area contributed by atoms with E-state index in [-0.39, 0.29) is 0 Å². The van der Waals surface area contributed by atoms with Gasteiger partial charge < -0.3 is 0 Å². The van der Waals surface area contributed by atoms with Gasteiger partial charge in [-0.3, -0.25) is 0 Å². The van der Waals surface area contributed by atoms with Gasteiger partial charge in [0.15, 0.2) is 0 Å². The summed E-state index contributed by atoms with van der Waals surface area (Å²) in [6, 6.07) is 0. The van der Waals surface area contributed by atoms with Crippen LogP contribution in [0.5, 0.6) is 0 Å². The molecule has 0 saturated heterocycles. The Morgan fingerprint density at radius 2 is 0.105 bits per heavy atom. The molecule has 0 N–H and O–H groups in total. The normalized spacial score (nSPS) is 19.2. The van der Waals surface area contributed by atoms with Crippen LogP contribution in [-0.2, 0) is 0 Å². The summed E-state index contributed by atoms with van der Waals surface area (Å²) in [5, 5.41) is 0. The van der Waals surface area contributed by atoms with E-state index in [0.29, 0.717) is 13.3 Å². The zero-order valence-electron chi connectivity index (χ0n) is 54.0. The third-order valence-electron chi connectivity index (χ3n) is 5.67. The van der Waals surface area contributed by atoms with Crippen LogP contribution in [0.25, 0.3) is 0 Å². The van der Waals surface area contributed by atoms with E-state index in [0.717, 1.165) is 0 Å². The Hall–Kier alpha value is 104. The zero-order valence-corrected chi connectivity index (χ0v) is 363. The van der Waals surface area contributed by atoms with Crippen molar-refractivity contribution in [1.29, 1.82) is 0 Å². The van der Waals surface area contributed by atoms with Crippen LogP contribution in [0.1, 0.15) is 0 Å². The monoisotopic (exact) mass is 18100 g/mol. The van der Waals surface area contributed by atoms with Crippen molar-refractivity contribution in [2.24, 2.45) is 0 Å². The minimum atomic E-state index is -0.689. The Morgan fingerprint density at radius 1 is 0.0629 bits per heavy atom. The fourth-order valence-corrected chi connectivity index (χ4v) is 28700. The average molecular weight is 18100 g/mol. The van der Waals surface area contributed by atoms with Crippen LogP contribution < -0.4 is 13.3 Å². The third kappa shape index (κ3) is 101. The predicted molar refractivity (Wildman–Crippen MR) is 1990 cm³/mol. The van der Waals surface area contributed by atoms with Gasteiger partial charge in [-0.05, 0) is 0 Å². The summed E-state index contributed by atoms with van der Waals surface area (Å²) in [5.41, 5.74) is 0. The Bertz CT molecular complexity index is 2940. The molecule has 0 rings (SSSR count). The van der Waals surface area contributed by atoms with Crippen molar-refractivity contribution >= 4 is 1890 Å². The molecule has 0 fully saturated rings. The van der Waals surface area contributed by atoms with Crippen LogP contribution in [0, 0.1) is 0 Å². The van der Waals surface area contributed by atoms with Gasteiger partial charge in [0.2, 0.25) is 0 Å². The minimum absolute atomic E-state index is 0.431. The first-order valence-electron chi connectivity index (χ1n) is 20.3. The van der Waals surface area contributed by atoms with Crippen LogP contribution in [0.3, 0.4) is 0 Å². The van der Waals surface area contributed by atoms with Gasteiger partial charge in [-0.25, -0.2) is 0 Å². The van der Waals surface area contributed by atoms with Crippen molar-refractivity contribution in [3.8, 4) is 0 Å². The fourth-order valence-electron chi connectivity index (χ4n) is 2.11. The van der Waals surface area contributed by atoms with Crippen LogP contribution in [0.15, 0.2) is 0 Å². The fraction of sp³-hybridized carbons (Fsp3) is 0. The standard InChI is InChI=1S/I143/c1-73-75(4)77(6)79(8)81(10)83(12)85(14)87(16)89(18)91(20)93(22)95(24)97(26)99(28)101(30)103(32)105(34)107(36)109(38)111(40)113(42)115(44)117(46)119(48)121(50)123(52)125(54)127(56)129(58)131(60)133(62)135(64)137(66)139(68)141(70)143(72)142(71)140(69)138(67)136(65)134(63)132(61)130(59)128(57)126(55)124(53)122(51)120(49)118(47)116(45)114(43)112(41)110(39)108(37)106(35)104(33)102(31)100(29)98(27)96(25)94(23)92(21)90(19)88(17)86(15)84(13)82(11)80(9)78(7)76(5)74(2)3/q-1. The van der Waals surface area contributed by atoms with Gasteiger partial charge in [-0.15, -0.1) is 0 Å². The van der Waals surface area contributed by atoms with Crippen LogP contribution in [-0.4, -0.2) is 0 Å². The van der Waals surface area contributed by atoms with Gasteiger partial charge in [-0.2, -0.15) is 0 Å². The van der Waals surface area contributed by atoms with Gasteiger partial charge in [0, 0.05) is 0 Å². The second-order valence-corrected chi connectivity index (χ2v) is 3440. The third-order valence-corrected chi connectivity index (χ3v) is 11500. The second kappa shape index (κ2) is 149. The van der Waals surface area contributed by atoms with Crippen molar-refractivity contribution in [3.63, 3.8) is 0 Å². The van der Waals surface area contributed by atoms with Crippen molar-refractivity contribution in [3.05, 3.63) is 0 Å². The van der Waals surface area contributed by atoms with E-state index >= 15 is 0 Å². The molecule has 0 amide bonds. The molecule has 0 nitrogen and oxygen atoms in total. The molecule has 1002 valence electrons. The molecule has 0 unspecified atom stereocenters. The topological polar surface area (TPSA) is 0 Å². The number of rotatable bonds is 70. The molecule has 0 saturated carbocycles. The first-order valence-corrected chi connectivity index (χ1v) is 913. The summed E-state index contributed by atoms with van der Waals surface area (Å²) in [6.45, 7) is 0. The number of hydrogen-bond donors (Lipinski definition) is 0. The van der Waals surface area contributed by atoms with Crippen LogP contribution in [0.2, 0.25) is 0 Å². The van der Waals surface area contributed by atoms with E-state index in [2.05, 4.69) is 1340 Å². The van der Waals surface area contributed by atoms with E-state index in [1.807, 2.05) is 0 Å². The molecule has 0 aliphatic rings. The van der Waals surface area contributed by atoms with Crippen LogP contribution >= 0.6 is 1890 Å². The quantitative estimate of drug-likeness (QED) is 0.0533. The van der Waals surface area contributed by atoms with Gasteiger partial charge in [0.1, 0.15) is 0 Å². The molecular formula is I143-. The maximum atomic E-state index is 3.51. The van der Waals surface area contributed by atoms with Crippen molar-refractivity contribution < 1.29 is 13.3 Å². The van der Waals surface area contributed by atoms with Crippen LogP contribution in [0.4, 0.5) is 0 Å². The second-order valence-electron chi connectivity index (χ2n) is 11.4. The Kier molecular flexibility index (Phi) is 258. The average Bonchev–Trinajstić information content (AvgIpc) is 0.814. The van der Waals surface area contributed by atoms with Crippen molar-refractivity contribution in [2.75, 3.05) is 0 Å². The van der Waals surface area contributed by atoms with E-state index in [1.165, 1.54) is 0 Å². The van der Waals surface area contributed by atoms with Gasteiger partial charge in [0.25, 0.3) is 0 Å². The summed E-state index contributed by atoms with van der Waals surface area (Å²) in [6.07, 6.45) is 0. The molecule has 0 heterocycles. The Balaban J connectivity index is 6.01. The number of halogens is 143. The molecule has 0 bridgehead atoms. The van der Waals surface area contributed by atoms with E-state index in [1.54, 1.807) is 0 Å². The molecule has 0 atom stereocenters. The Morgan fingerprint density at radius 3 is 0.147 bits per heavy atom. The van der Waals surface area contributed by atoms with E-state index in [4.69, 9.17) is 0 Å². The predicted octanol–water partition coefficient (Wildman–Crippen LogP) is 123. The molecule has 143 heavy (non-hydrogen) atoms. The van der Waals surface area contributed by atoms with Crippen molar-refractivity contribution in [1.82, 2.24) is 0 Å². The first-order chi connectivity index (χ1) is 65.1. The number of hydrogen-bond acceptors (Lipinski definition) is 0. The summed E-state index contributed by atoms with van der Waals surface area (Å²) >= 11 is 248. The molecular weight excluding hydrogens is 18100 g/mol. The summed E-state index contributed by atoms with van der Waals surface area (Å²) < 4.78 is 0. The van der Waals surface area contributed by atoms with Crippen molar-refractivity contribution in [2.45, 2.75) is 0 Å².